The van der Waals surface area contributed by atoms with Gasteiger partial charge in [-0.3, -0.25) is 14.4 Å². The van der Waals surface area contributed by atoms with E-state index in [9.17, 15) is 14.4 Å². The Kier molecular flexibility index (Phi) is 66.2. The number of hydrogen-bond acceptors (Lipinski definition) is 6. The third-order valence-corrected chi connectivity index (χ3v) is 15.0. The molecule has 0 aromatic heterocycles. The van der Waals surface area contributed by atoms with E-state index in [1.807, 2.05) is 6.08 Å². The molecule has 0 saturated carbocycles. The highest BCUT2D eigenvalue weighted by molar-refractivity contribution is 5.71. The van der Waals surface area contributed by atoms with E-state index in [1.165, 1.54) is 199 Å². The van der Waals surface area contributed by atoms with Gasteiger partial charge in [-0.15, -0.1) is 0 Å². The number of carbonyl (C=O) groups is 3. The Hall–Kier alpha value is -3.93. The summed E-state index contributed by atoms with van der Waals surface area (Å²) in [6, 6.07) is 0. The topological polar surface area (TPSA) is 78.9 Å². The summed E-state index contributed by atoms with van der Waals surface area (Å²) in [5.74, 6) is -0.978. The van der Waals surface area contributed by atoms with Crippen molar-refractivity contribution >= 4 is 17.9 Å². The van der Waals surface area contributed by atoms with Crippen LogP contribution in [0, 0.1) is 0 Å². The van der Waals surface area contributed by atoms with Gasteiger partial charge in [0.2, 0.25) is 0 Å². The third-order valence-electron chi connectivity index (χ3n) is 15.0. The van der Waals surface area contributed by atoms with Crippen molar-refractivity contribution in [1.29, 1.82) is 0 Å². The van der Waals surface area contributed by atoms with Crippen molar-refractivity contribution in [2.75, 3.05) is 13.2 Å². The molecule has 0 aliphatic heterocycles. The fourth-order valence-corrected chi connectivity index (χ4v) is 9.83. The van der Waals surface area contributed by atoms with Crippen molar-refractivity contribution in [3.05, 3.63) is 109 Å². The van der Waals surface area contributed by atoms with E-state index in [2.05, 4.69) is 124 Å². The zero-order valence-corrected chi connectivity index (χ0v) is 54.0. The first kappa shape index (κ1) is 78.1. The second kappa shape index (κ2) is 69.6. The van der Waals surface area contributed by atoms with Crippen molar-refractivity contribution in [3.63, 3.8) is 0 Å². The van der Waals surface area contributed by atoms with Crippen LogP contribution < -0.4 is 0 Å². The number of allylic oxidation sites excluding steroid dienone is 18. The van der Waals surface area contributed by atoms with Gasteiger partial charge < -0.3 is 14.2 Å². The predicted octanol–water partition coefficient (Wildman–Crippen LogP) is 24.2. The molecule has 0 amide bonds. The molecule has 6 heteroatoms. The molecule has 0 spiro atoms. The maximum atomic E-state index is 12.9. The van der Waals surface area contributed by atoms with E-state index in [0.717, 1.165) is 89.9 Å². The summed E-state index contributed by atoms with van der Waals surface area (Å²) in [5, 5.41) is 0. The van der Waals surface area contributed by atoms with Gasteiger partial charge >= 0.3 is 17.9 Å². The zero-order valence-electron chi connectivity index (χ0n) is 54.0. The molecule has 0 N–H and O–H groups in total. The van der Waals surface area contributed by atoms with Crippen LogP contribution in [-0.2, 0) is 28.6 Å². The van der Waals surface area contributed by atoms with E-state index >= 15 is 0 Å². The number of unbranched alkanes of at least 4 members (excludes halogenated alkanes) is 34. The van der Waals surface area contributed by atoms with Crippen LogP contribution >= 0.6 is 0 Å². The molecule has 0 radical (unpaired) electrons. The summed E-state index contributed by atoms with van der Waals surface area (Å²) in [4.78, 5) is 38.3. The lowest BCUT2D eigenvalue weighted by atomic mass is 10.0. The first-order valence-corrected chi connectivity index (χ1v) is 34.9. The molecular weight excluding hydrogens is 1010 g/mol. The van der Waals surface area contributed by atoms with Gasteiger partial charge in [0.1, 0.15) is 13.2 Å². The minimum absolute atomic E-state index is 0.105. The average molecular weight is 1140 g/mol. The number of carbonyl (C=O) groups excluding carboxylic acids is 3. The highest BCUT2D eigenvalue weighted by Crippen LogP contribution is 2.17. The van der Waals surface area contributed by atoms with Crippen LogP contribution in [-0.4, -0.2) is 37.2 Å². The number of ether oxygens (including phenoxy) is 3. The molecule has 0 aromatic carbocycles. The molecule has 0 saturated heterocycles. The molecule has 0 aliphatic carbocycles. The van der Waals surface area contributed by atoms with E-state index < -0.39 is 6.10 Å². The lowest BCUT2D eigenvalue weighted by molar-refractivity contribution is -0.166. The largest absolute Gasteiger partial charge is 0.462 e. The number of hydrogen-bond donors (Lipinski definition) is 0. The zero-order chi connectivity index (χ0) is 59.2. The van der Waals surface area contributed by atoms with Crippen molar-refractivity contribution < 1.29 is 28.6 Å². The van der Waals surface area contributed by atoms with Crippen LogP contribution in [0.1, 0.15) is 335 Å². The highest BCUT2D eigenvalue weighted by Gasteiger charge is 2.19. The molecule has 0 bridgehead atoms. The molecule has 0 rings (SSSR count). The first-order chi connectivity index (χ1) is 40.5. The minimum atomic E-state index is -0.818. The summed E-state index contributed by atoms with van der Waals surface area (Å²) in [7, 11) is 0. The van der Waals surface area contributed by atoms with Crippen LogP contribution in [0.5, 0.6) is 0 Å². The third kappa shape index (κ3) is 66.9. The summed E-state index contributed by atoms with van der Waals surface area (Å²) in [6.07, 6.45) is 95.7. The van der Waals surface area contributed by atoms with Gasteiger partial charge in [0.05, 0.1) is 0 Å². The summed E-state index contributed by atoms with van der Waals surface area (Å²) < 4.78 is 16.9. The van der Waals surface area contributed by atoms with E-state index in [1.54, 1.807) is 0 Å². The van der Waals surface area contributed by atoms with Crippen molar-refractivity contribution in [3.8, 4) is 0 Å². The molecule has 82 heavy (non-hydrogen) atoms. The Balaban J connectivity index is 4.23. The number of rotatable bonds is 63. The second-order valence-corrected chi connectivity index (χ2v) is 23.1. The van der Waals surface area contributed by atoms with Crippen molar-refractivity contribution in [2.45, 2.75) is 341 Å². The van der Waals surface area contributed by atoms with Gasteiger partial charge in [-0.05, 0) is 96.3 Å². The lowest BCUT2D eigenvalue weighted by Gasteiger charge is -2.18. The Labute approximate surface area is 508 Å². The molecule has 0 aliphatic rings. The highest BCUT2D eigenvalue weighted by atomic mass is 16.6. The summed E-state index contributed by atoms with van der Waals surface area (Å²) in [5.41, 5.74) is 0. The molecule has 1 unspecified atom stereocenters. The van der Waals surface area contributed by atoms with Crippen LogP contribution in [0.4, 0.5) is 0 Å². The van der Waals surface area contributed by atoms with Crippen LogP contribution in [0.2, 0.25) is 0 Å². The minimum Gasteiger partial charge on any atom is -0.462 e. The predicted molar refractivity (Wildman–Crippen MR) is 357 cm³/mol. The first-order valence-electron chi connectivity index (χ1n) is 34.9. The second-order valence-electron chi connectivity index (χ2n) is 23.1. The summed E-state index contributed by atoms with van der Waals surface area (Å²) >= 11 is 0. The lowest BCUT2D eigenvalue weighted by Crippen LogP contribution is -2.30. The standard InChI is InChI=1S/C76H130O6/c1-4-7-10-13-16-19-22-25-27-29-31-32-33-34-35-36-37-38-39-40-41-42-43-44-46-47-49-51-54-57-60-63-66-69-75(78)81-72-73(71-80-74(77)68-65-62-59-56-53-24-21-18-15-12-9-6-3)82-76(79)70-67-64-61-58-55-52-50-48-45-30-28-26-23-20-17-14-11-8-5-2/h8,11,17,20,22,25-26,28-29,31,33-34,45,48,52,55,61,64,73H,4-7,9-10,12-16,18-19,21,23-24,27,30,32,35-44,46-47,49-51,53-54,56-60,62-63,65-72H2,1-3H3/b11-8-,20-17-,25-22-,28-26-,31-29-,34-33-,48-45-,55-52-,64-61-. The summed E-state index contributed by atoms with van der Waals surface area (Å²) in [6.45, 7) is 6.48. The van der Waals surface area contributed by atoms with Gasteiger partial charge in [0.25, 0.3) is 0 Å². The monoisotopic (exact) mass is 1140 g/mol. The molecular formula is C76H130O6. The Morgan fingerprint density at radius 2 is 0.500 bits per heavy atom. The molecule has 0 aromatic rings. The molecule has 470 valence electrons. The van der Waals surface area contributed by atoms with E-state index in [-0.39, 0.29) is 37.5 Å². The molecule has 0 fully saturated rings. The normalized spacial score (nSPS) is 12.8. The Bertz CT molecular complexity index is 1640. The Morgan fingerprint density at radius 3 is 0.793 bits per heavy atom. The SMILES string of the molecule is CC/C=C\C/C=C\C/C=C\C/C=C\C/C=C\C/C=C\CCC(=O)OC(COC(=O)CCCCCCCCCCCCCC)COC(=O)CCCCCCCCCCCCCCCCCCCC/C=C\C/C=C\C/C=C\CCCCCCC. The van der Waals surface area contributed by atoms with E-state index in [4.69, 9.17) is 14.2 Å². The van der Waals surface area contributed by atoms with Gasteiger partial charge in [0.15, 0.2) is 6.10 Å². The van der Waals surface area contributed by atoms with Gasteiger partial charge in [0, 0.05) is 19.3 Å². The fraction of sp³-hybridized carbons (Fsp3) is 0.724. The molecule has 6 nitrogen and oxygen atoms in total. The van der Waals surface area contributed by atoms with Crippen LogP contribution in [0.25, 0.3) is 0 Å². The van der Waals surface area contributed by atoms with Crippen LogP contribution in [0.15, 0.2) is 109 Å². The van der Waals surface area contributed by atoms with Crippen molar-refractivity contribution in [2.24, 2.45) is 0 Å². The number of esters is 3. The fourth-order valence-electron chi connectivity index (χ4n) is 9.83. The maximum absolute atomic E-state index is 12.9. The Morgan fingerprint density at radius 1 is 0.256 bits per heavy atom. The molecule has 0 heterocycles. The van der Waals surface area contributed by atoms with Crippen molar-refractivity contribution in [1.82, 2.24) is 0 Å². The van der Waals surface area contributed by atoms with Crippen LogP contribution in [0.3, 0.4) is 0 Å². The average Bonchev–Trinajstić information content (AvgIpc) is 3.47. The quantitative estimate of drug-likeness (QED) is 0.0261. The smallest absolute Gasteiger partial charge is 0.306 e. The maximum Gasteiger partial charge on any atom is 0.306 e. The van der Waals surface area contributed by atoms with E-state index in [0.29, 0.717) is 19.3 Å². The van der Waals surface area contributed by atoms with Gasteiger partial charge in [-0.2, -0.15) is 0 Å². The molecule has 1 atom stereocenters. The van der Waals surface area contributed by atoms with Gasteiger partial charge in [-0.1, -0.05) is 329 Å². The van der Waals surface area contributed by atoms with Gasteiger partial charge in [-0.25, -0.2) is 0 Å².